The molecule has 0 bridgehead atoms. The lowest BCUT2D eigenvalue weighted by atomic mass is 9.89. The van der Waals surface area contributed by atoms with Gasteiger partial charge in [0.25, 0.3) is 5.56 Å². The normalized spacial score (nSPS) is 19.5. The second kappa shape index (κ2) is 8.88. The van der Waals surface area contributed by atoms with Crippen molar-refractivity contribution in [2.24, 2.45) is 0 Å². The number of fused-ring (bicyclic) bond motifs is 3. The SMILES string of the molecule is COc1cc2c(cc1-c1ccc(=O)[nH]c1)CC(C)n1c-2cc(OC[C@@H]2COCCO2)cc1=O. The summed E-state index contributed by atoms with van der Waals surface area (Å²) in [6.07, 6.45) is 2.24. The summed E-state index contributed by atoms with van der Waals surface area (Å²) in [5.74, 6) is 1.16. The first kappa shape index (κ1) is 21.5. The molecule has 8 nitrogen and oxygen atoms in total. The van der Waals surface area contributed by atoms with Gasteiger partial charge in [0.15, 0.2) is 0 Å². The maximum atomic E-state index is 13.0. The number of benzene rings is 1. The van der Waals surface area contributed by atoms with Crippen LogP contribution in [0.25, 0.3) is 22.4 Å². The van der Waals surface area contributed by atoms with E-state index in [1.807, 2.05) is 19.1 Å². The van der Waals surface area contributed by atoms with Gasteiger partial charge in [0.2, 0.25) is 5.56 Å². The third kappa shape index (κ3) is 4.19. The van der Waals surface area contributed by atoms with E-state index in [1.165, 1.54) is 12.1 Å². The predicted molar refractivity (Wildman–Crippen MR) is 123 cm³/mol. The Balaban J connectivity index is 1.55. The molecule has 172 valence electrons. The summed E-state index contributed by atoms with van der Waals surface area (Å²) in [5, 5.41) is 0. The molecule has 1 unspecified atom stereocenters. The molecule has 2 atom stereocenters. The fourth-order valence-corrected chi connectivity index (χ4v) is 4.54. The van der Waals surface area contributed by atoms with Crippen LogP contribution < -0.4 is 20.6 Å². The van der Waals surface area contributed by atoms with Crippen molar-refractivity contribution in [2.75, 3.05) is 33.5 Å². The highest BCUT2D eigenvalue weighted by atomic mass is 16.6. The van der Waals surface area contributed by atoms with Crippen molar-refractivity contribution in [3.8, 4) is 33.9 Å². The first-order chi connectivity index (χ1) is 16.0. The first-order valence-corrected chi connectivity index (χ1v) is 11.0. The number of H-pyrrole nitrogens is 1. The number of rotatable bonds is 5. The Hall–Kier alpha value is -3.36. The zero-order chi connectivity index (χ0) is 22.9. The van der Waals surface area contributed by atoms with Crippen molar-refractivity contribution in [1.82, 2.24) is 9.55 Å². The van der Waals surface area contributed by atoms with Crippen molar-refractivity contribution in [1.29, 1.82) is 0 Å². The standard InChI is InChI=1S/C25H26N2O6/c1-15-7-17-8-21(16-3-4-24(28)26-12-16)23(30-2)11-20(17)22-9-18(10-25(29)27(15)22)33-14-19-13-31-5-6-32-19/h3-4,8-12,15,19H,5-7,13-14H2,1-2H3,(H,26,28)/t15?,19-/m0/s1. The second-order valence-corrected chi connectivity index (χ2v) is 8.37. The molecule has 1 fully saturated rings. The lowest BCUT2D eigenvalue weighted by Crippen LogP contribution is -2.34. The average molecular weight is 450 g/mol. The van der Waals surface area contributed by atoms with E-state index in [0.29, 0.717) is 44.3 Å². The number of nitrogens with zero attached hydrogens (tertiary/aromatic N) is 1. The molecule has 4 heterocycles. The summed E-state index contributed by atoms with van der Waals surface area (Å²) in [5.41, 5.74) is 4.30. The van der Waals surface area contributed by atoms with Crippen LogP contribution in [0.5, 0.6) is 11.5 Å². The average Bonchev–Trinajstić information content (AvgIpc) is 2.83. The number of pyridine rings is 2. The summed E-state index contributed by atoms with van der Waals surface area (Å²) in [6.45, 7) is 3.97. The van der Waals surface area contributed by atoms with Crippen LogP contribution in [0.3, 0.4) is 0 Å². The van der Waals surface area contributed by atoms with Crippen molar-refractivity contribution >= 4 is 0 Å². The molecule has 3 aromatic rings. The molecule has 2 aromatic heterocycles. The summed E-state index contributed by atoms with van der Waals surface area (Å²) in [7, 11) is 1.61. The van der Waals surface area contributed by atoms with Gasteiger partial charge in [-0.15, -0.1) is 0 Å². The second-order valence-electron chi connectivity index (χ2n) is 8.37. The molecule has 0 spiro atoms. The fourth-order valence-electron chi connectivity index (χ4n) is 4.54. The zero-order valence-corrected chi connectivity index (χ0v) is 18.6. The molecule has 0 radical (unpaired) electrons. The molecule has 0 saturated carbocycles. The number of nitrogens with one attached hydrogen (secondary N) is 1. The Morgan fingerprint density at radius 1 is 1.12 bits per heavy atom. The third-order valence-electron chi connectivity index (χ3n) is 6.12. The predicted octanol–water partition coefficient (Wildman–Crippen LogP) is 2.79. The van der Waals surface area contributed by atoms with Crippen LogP contribution in [0.1, 0.15) is 18.5 Å². The highest BCUT2D eigenvalue weighted by molar-refractivity contribution is 5.79. The molecule has 1 aromatic carbocycles. The van der Waals surface area contributed by atoms with Crippen LogP contribution in [0.2, 0.25) is 0 Å². The number of aromatic nitrogens is 2. The Labute approximate surface area is 190 Å². The minimum absolute atomic E-state index is 0.0130. The Morgan fingerprint density at radius 3 is 2.73 bits per heavy atom. The van der Waals surface area contributed by atoms with E-state index in [9.17, 15) is 9.59 Å². The number of aromatic amines is 1. The van der Waals surface area contributed by atoms with Gasteiger partial charge in [0.1, 0.15) is 24.2 Å². The van der Waals surface area contributed by atoms with Gasteiger partial charge in [0, 0.05) is 47.1 Å². The van der Waals surface area contributed by atoms with Gasteiger partial charge in [-0.2, -0.15) is 0 Å². The van der Waals surface area contributed by atoms with Crippen LogP contribution >= 0.6 is 0 Å². The Morgan fingerprint density at radius 2 is 2.00 bits per heavy atom. The van der Waals surface area contributed by atoms with E-state index in [2.05, 4.69) is 11.1 Å². The van der Waals surface area contributed by atoms with Gasteiger partial charge in [0.05, 0.1) is 32.6 Å². The van der Waals surface area contributed by atoms with E-state index < -0.39 is 0 Å². The molecule has 5 rings (SSSR count). The van der Waals surface area contributed by atoms with Crippen LogP contribution in [-0.2, 0) is 15.9 Å². The van der Waals surface area contributed by atoms with E-state index in [4.69, 9.17) is 18.9 Å². The molecule has 0 amide bonds. The summed E-state index contributed by atoms with van der Waals surface area (Å²) in [4.78, 5) is 27.2. The number of hydrogen-bond acceptors (Lipinski definition) is 6. The molecule has 1 N–H and O–H groups in total. The lowest BCUT2D eigenvalue weighted by Gasteiger charge is -2.29. The third-order valence-corrected chi connectivity index (χ3v) is 6.12. The van der Waals surface area contributed by atoms with Gasteiger partial charge < -0.3 is 28.5 Å². The minimum Gasteiger partial charge on any atom is -0.496 e. The van der Waals surface area contributed by atoms with Crippen LogP contribution in [-0.4, -0.2) is 49.2 Å². The highest BCUT2D eigenvalue weighted by Crippen LogP contribution is 2.41. The van der Waals surface area contributed by atoms with Crippen molar-refractivity contribution in [3.05, 3.63) is 68.9 Å². The van der Waals surface area contributed by atoms with Gasteiger partial charge in [-0.3, -0.25) is 9.59 Å². The number of methoxy groups -OCH3 is 1. The fraction of sp³-hybridized carbons (Fsp3) is 0.360. The molecule has 2 aliphatic rings. The van der Waals surface area contributed by atoms with Gasteiger partial charge in [-0.25, -0.2) is 0 Å². The molecule has 33 heavy (non-hydrogen) atoms. The van der Waals surface area contributed by atoms with Crippen molar-refractivity contribution < 1.29 is 18.9 Å². The van der Waals surface area contributed by atoms with Gasteiger partial charge in [-0.05, 0) is 37.1 Å². The first-order valence-electron chi connectivity index (χ1n) is 11.0. The van der Waals surface area contributed by atoms with Gasteiger partial charge >= 0.3 is 0 Å². The maximum Gasteiger partial charge on any atom is 0.254 e. The van der Waals surface area contributed by atoms with Crippen LogP contribution in [0, 0.1) is 0 Å². The monoisotopic (exact) mass is 450 g/mol. The zero-order valence-electron chi connectivity index (χ0n) is 18.6. The number of hydrogen-bond donors (Lipinski definition) is 1. The summed E-state index contributed by atoms with van der Waals surface area (Å²) < 4.78 is 24.5. The van der Waals surface area contributed by atoms with E-state index >= 15 is 0 Å². The molecular formula is C25H26N2O6. The highest BCUT2D eigenvalue weighted by Gasteiger charge is 2.26. The Kier molecular flexibility index (Phi) is 5.78. The molecule has 8 heteroatoms. The van der Waals surface area contributed by atoms with E-state index in [1.54, 1.807) is 23.9 Å². The van der Waals surface area contributed by atoms with Crippen LogP contribution in [0.4, 0.5) is 0 Å². The molecule has 0 aliphatic carbocycles. The Bertz CT molecular complexity index is 1270. The molecule has 2 aliphatic heterocycles. The summed E-state index contributed by atoms with van der Waals surface area (Å²) in [6, 6.07) is 10.7. The quantitative estimate of drug-likeness (QED) is 0.643. The molecule has 1 saturated heterocycles. The van der Waals surface area contributed by atoms with Gasteiger partial charge in [-0.1, -0.05) is 0 Å². The maximum absolute atomic E-state index is 13.0. The minimum atomic E-state index is -0.157. The lowest BCUT2D eigenvalue weighted by molar-refractivity contribution is -0.101. The van der Waals surface area contributed by atoms with Crippen molar-refractivity contribution in [3.63, 3.8) is 0 Å². The molecular weight excluding hydrogens is 424 g/mol. The topological polar surface area (TPSA) is 91.8 Å². The van der Waals surface area contributed by atoms with Crippen molar-refractivity contribution in [2.45, 2.75) is 25.5 Å². The van der Waals surface area contributed by atoms with E-state index in [0.717, 1.165) is 27.9 Å². The van der Waals surface area contributed by atoms with Crippen LogP contribution in [0.15, 0.2) is 52.2 Å². The van der Waals surface area contributed by atoms with E-state index in [-0.39, 0.29) is 23.3 Å². The smallest absolute Gasteiger partial charge is 0.254 e. The number of ether oxygens (including phenoxy) is 4. The summed E-state index contributed by atoms with van der Waals surface area (Å²) >= 11 is 0. The largest absolute Gasteiger partial charge is 0.496 e.